The number of carbonyl (C=O) groups is 3. The van der Waals surface area contributed by atoms with Crippen molar-refractivity contribution < 1.29 is 19.5 Å². The highest BCUT2D eigenvalue weighted by Crippen LogP contribution is 2.07. The molecule has 0 aliphatic heterocycles. The smallest absolute Gasteiger partial charge is 0.305 e. The maximum Gasteiger partial charge on any atom is 0.305 e. The van der Waals surface area contributed by atoms with Crippen LogP contribution in [0.1, 0.15) is 35.9 Å². The average Bonchev–Trinajstić information content (AvgIpc) is 2.89. The molecule has 7 heteroatoms. The van der Waals surface area contributed by atoms with E-state index in [1.165, 1.54) is 11.3 Å². The van der Waals surface area contributed by atoms with Gasteiger partial charge in [-0.3, -0.25) is 14.4 Å². The van der Waals surface area contributed by atoms with E-state index in [9.17, 15) is 14.4 Å². The Balaban J connectivity index is 2.37. The molecule has 110 valence electrons. The van der Waals surface area contributed by atoms with Gasteiger partial charge in [-0.2, -0.15) is 0 Å². The van der Waals surface area contributed by atoms with Crippen LogP contribution >= 0.6 is 11.3 Å². The SMILES string of the molecule is CCCC(CC(=O)O)NC(=O)CNC(=O)c1cccs1. The first-order valence-electron chi connectivity index (χ1n) is 6.35. The zero-order chi connectivity index (χ0) is 15.0. The summed E-state index contributed by atoms with van der Waals surface area (Å²) in [5.74, 6) is -1.64. The molecule has 1 heterocycles. The van der Waals surface area contributed by atoms with Gasteiger partial charge in [0.15, 0.2) is 0 Å². The largest absolute Gasteiger partial charge is 0.481 e. The predicted octanol–water partition coefficient (Wildman–Crippen LogP) is 1.24. The molecule has 2 amide bonds. The molecule has 1 aromatic heterocycles. The first-order valence-corrected chi connectivity index (χ1v) is 7.23. The molecule has 0 saturated carbocycles. The lowest BCUT2D eigenvalue weighted by atomic mass is 10.1. The Bertz CT molecular complexity index is 459. The van der Waals surface area contributed by atoms with Crippen molar-refractivity contribution in [3.05, 3.63) is 22.4 Å². The Hall–Kier alpha value is -1.89. The van der Waals surface area contributed by atoms with E-state index >= 15 is 0 Å². The third kappa shape index (κ3) is 5.83. The molecule has 0 spiro atoms. The fourth-order valence-corrected chi connectivity index (χ4v) is 2.36. The van der Waals surface area contributed by atoms with Crippen LogP contribution in [0.2, 0.25) is 0 Å². The van der Waals surface area contributed by atoms with E-state index in [-0.39, 0.29) is 24.8 Å². The lowest BCUT2D eigenvalue weighted by molar-refractivity contribution is -0.137. The molecule has 0 bridgehead atoms. The molecule has 1 rings (SSSR count). The standard InChI is InChI=1S/C13H18N2O4S/c1-2-4-9(7-12(17)18)15-11(16)8-14-13(19)10-5-3-6-20-10/h3,5-6,9H,2,4,7-8H2,1H3,(H,14,19)(H,15,16)(H,17,18). The molecule has 0 aliphatic carbocycles. The molecule has 1 atom stereocenters. The first-order chi connectivity index (χ1) is 9.52. The van der Waals surface area contributed by atoms with Crippen LogP contribution in [0.25, 0.3) is 0 Å². The zero-order valence-electron chi connectivity index (χ0n) is 11.2. The van der Waals surface area contributed by atoms with Crippen molar-refractivity contribution in [2.24, 2.45) is 0 Å². The second kappa shape index (κ2) is 8.31. The topological polar surface area (TPSA) is 95.5 Å². The molecule has 3 N–H and O–H groups in total. The Labute approximate surface area is 121 Å². The number of aliphatic carboxylic acids is 1. The summed E-state index contributed by atoms with van der Waals surface area (Å²) in [5, 5.41) is 15.6. The number of carboxylic acids is 1. The summed E-state index contributed by atoms with van der Waals surface area (Å²) < 4.78 is 0. The van der Waals surface area contributed by atoms with E-state index < -0.39 is 12.0 Å². The molecule has 20 heavy (non-hydrogen) atoms. The van der Waals surface area contributed by atoms with Gasteiger partial charge in [0.05, 0.1) is 17.8 Å². The minimum Gasteiger partial charge on any atom is -0.481 e. The number of nitrogens with one attached hydrogen (secondary N) is 2. The number of hydrogen-bond acceptors (Lipinski definition) is 4. The van der Waals surface area contributed by atoms with E-state index in [1.54, 1.807) is 17.5 Å². The number of carboxylic acid groups (broad SMARTS) is 1. The highest BCUT2D eigenvalue weighted by Gasteiger charge is 2.16. The third-order valence-electron chi connectivity index (χ3n) is 2.58. The van der Waals surface area contributed by atoms with Crippen LogP contribution in [0, 0.1) is 0 Å². The summed E-state index contributed by atoms with van der Waals surface area (Å²) in [4.78, 5) is 34.5. The lowest BCUT2D eigenvalue weighted by Gasteiger charge is -2.16. The summed E-state index contributed by atoms with van der Waals surface area (Å²) >= 11 is 1.29. The van der Waals surface area contributed by atoms with E-state index in [1.807, 2.05) is 6.92 Å². The van der Waals surface area contributed by atoms with Crippen LogP contribution in [0.4, 0.5) is 0 Å². The number of amides is 2. The molecular weight excluding hydrogens is 280 g/mol. The van der Waals surface area contributed by atoms with Crippen molar-refractivity contribution in [1.29, 1.82) is 0 Å². The second-order valence-corrected chi connectivity index (χ2v) is 5.26. The van der Waals surface area contributed by atoms with Gasteiger partial charge in [0.1, 0.15) is 0 Å². The average molecular weight is 298 g/mol. The van der Waals surface area contributed by atoms with Crippen LogP contribution < -0.4 is 10.6 Å². The van der Waals surface area contributed by atoms with Gasteiger partial charge in [-0.05, 0) is 17.9 Å². The van der Waals surface area contributed by atoms with Crippen LogP contribution in [0.15, 0.2) is 17.5 Å². The Morgan fingerprint density at radius 3 is 2.70 bits per heavy atom. The predicted molar refractivity (Wildman–Crippen MR) is 75.7 cm³/mol. The van der Waals surface area contributed by atoms with Gasteiger partial charge in [0.25, 0.3) is 5.91 Å². The molecule has 0 aliphatic rings. The van der Waals surface area contributed by atoms with Crippen molar-refractivity contribution >= 4 is 29.1 Å². The normalized spacial score (nSPS) is 11.7. The molecule has 6 nitrogen and oxygen atoms in total. The van der Waals surface area contributed by atoms with Gasteiger partial charge in [0, 0.05) is 6.04 Å². The number of thiophene rings is 1. The van der Waals surface area contributed by atoms with E-state index in [0.717, 1.165) is 6.42 Å². The maximum absolute atomic E-state index is 11.7. The molecular formula is C13H18N2O4S. The van der Waals surface area contributed by atoms with Crippen molar-refractivity contribution in [3.8, 4) is 0 Å². The summed E-state index contributed by atoms with van der Waals surface area (Å²) in [5.41, 5.74) is 0. The molecule has 1 aromatic rings. The molecule has 0 fully saturated rings. The van der Waals surface area contributed by atoms with Crippen molar-refractivity contribution in [2.45, 2.75) is 32.2 Å². The monoisotopic (exact) mass is 298 g/mol. The highest BCUT2D eigenvalue weighted by molar-refractivity contribution is 7.12. The first kappa shape index (κ1) is 16.2. The van der Waals surface area contributed by atoms with Crippen LogP contribution in [-0.4, -0.2) is 35.5 Å². The minimum atomic E-state index is -0.952. The van der Waals surface area contributed by atoms with Gasteiger partial charge in [-0.1, -0.05) is 19.4 Å². The Morgan fingerprint density at radius 1 is 1.40 bits per heavy atom. The van der Waals surface area contributed by atoms with E-state index in [2.05, 4.69) is 10.6 Å². The molecule has 0 radical (unpaired) electrons. The van der Waals surface area contributed by atoms with Gasteiger partial charge in [-0.15, -0.1) is 11.3 Å². The molecule has 0 aromatic carbocycles. The van der Waals surface area contributed by atoms with E-state index in [0.29, 0.717) is 11.3 Å². The quantitative estimate of drug-likeness (QED) is 0.673. The molecule has 1 unspecified atom stereocenters. The molecule has 0 saturated heterocycles. The summed E-state index contributed by atoms with van der Waals surface area (Å²) in [6.07, 6.45) is 1.26. The summed E-state index contributed by atoms with van der Waals surface area (Å²) in [7, 11) is 0. The lowest BCUT2D eigenvalue weighted by Crippen LogP contribution is -2.42. The van der Waals surface area contributed by atoms with Gasteiger partial charge >= 0.3 is 5.97 Å². The number of carbonyl (C=O) groups excluding carboxylic acids is 2. The van der Waals surface area contributed by atoms with Crippen LogP contribution in [-0.2, 0) is 9.59 Å². The maximum atomic E-state index is 11.7. The van der Waals surface area contributed by atoms with Crippen molar-refractivity contribution in [1.82, 2.24) is 10.6 Å². The van der Waals surface area contributed by atoms with Crippen LogP contribution in [0.3, 0.4) is 0 Å². The summed E-state index contributed by atoms with van der Waals surface area (Å²) in [6, 6.07) is 3.02. The van der Waals surface area contributed by atoms with Crippen molar-refractivity contribution in [3.63, 3.8) is 0 Å². The fourth-order valence-electron chi connectivity index (χ4n) is 1.72. The second-order valence-electron chi connectivity index (χ2n) is 4.31. The minimum absolute atomic E-state index is 0.113. The van der Waals surface area contributed by atoms with Gasteiger partial charge < -0.3 is 15.7 Å². The summed E-state index contributed by atoms with van der Waals surface area (Å²) in [6.45, 7) is 1.76. The van der Waals surface area contributed by atoms with Gasteiger partial charge in [-0.25, -0.2) is 0 Å². The van der Waals surface area contributed by atoms with Crippen LogP contribution in [0.5, 0.6) is 0 Å². The highest BCUT2D eigenvalue weighted by atomic mass is 32.1. The van der Waals surface area contributed by atoms with Gasteiger partial charge in [0.2, 0.25) is 5.91 Å². The number of hydrogen-bond donors (Lipinski definition) is 3. The third-order valence-corrected chi connectivity index (χ3v) is 3.45. The fraction of sp³-hybridized carbons (Fsp3) is 0.462. The number of rotatable bonds is 8. The zero-order valence-corrected chi connectivity index (χ0v) is 12.0. The van der Waals surface area contributed by atoms with Crippen molar-refractivity contribution in [2.75, 3.05) is 6.54 Å². The Kier molecular flexibility index (Phi) is 6.72. The van der Waals surface area contributed by atoms with E-state index in [4.69, 9.17) is 5.11 Å². The Morgan fingerprint density at radius 2 is 2.15 bits per heavy atom.